The number of hydrogen-bond acceptors (Lipinski definition) is 6. The maximum absolute atomic E-state index is 12.3. The van der Waals surface area contributed by atoms with E-state index in [4.69, 9.17) is 9.47 Å². The molecule has 0 unspecified atom stereocenters. The maximum Gasteiger partial charge on any atom is 0.291 e. The second kappa shape index (κ2) is 6.93. The first-order valence-electron chi connectivity index (χ1n) is 5.76. The van der Waals surface area contributed by atoms with Crippen molar-refractivity contribution in [2.24, 2.45) is 0 Å². The molecule has 6 nitrogen and oxygen atoms in total. The fourth-order valence-electron chi connectivity index (χ4n) is 1.35. The van der Waals surface area contributed by atoms with Crippen LogP contribution in [0.5, 0.6) is 11.5 Å². The van der Waals surface area contributed by atoms with Gasteiger partial charge in [-0.05, 0) is 24.3 Å². The number of rotatable bonds is 6. The first-order valence-corrected chi connectivity index (χ1v) is 6.58. The topological polar surface area (TPSA) is 73.3 Å². The Labute approximate surface area is 122 Å². The fourth-order valence-corrected chi connectivity index (χ4v) is 1.96. The first-order chi connectivity index (χ1) is 10.1. The lowest BCUT2D eigenvalue weighted by Gasteiger charge is -2.06. The van der Waals surface area contributed by atoms with Crippen LogP contribution in [0.1, 0.15) is 11.4 Å². The molecule has 1 aromatic heterocycles. The Kier molecular flexibility index (Phi) is 4.99. The first kappa shape index (κ1) is 15.1. The average Bonchev–Trinajstić information content (AvgIpc) is 2.94. The third kappa shape index (κ3) is 4.35. The number of methoxy groups -OCH3 is 1. The van der Waals surface area contributed by atoms with E-state index in [9.17, 15) is 13.6 Å². The van der Waals surface area contributed by atoms with Gasteiger partial charge in [0.2, 0.25) is 5.13 Å². The Bertz CT molecular complexity index is 604. The van der Waals surface area contributed by atoms with Gasteiger partial charge in [0.05, 0.1) is 7.11 Å². The summed E-state index contributed by atoms with van der Waals surface area (Å²) in [5, 5.41) is 8.59. The van der Waals surface area contributed by atoms with Crippen molar-refractivity contribution in [3.05, 3.63) is 29.3 Å². The van der Waals surface area contributed by atoms with Crippen LogP contribution in [0.3, 0.4) is 0 Å². The molecule has 0 saturated heterocycles. The van der Waals surface area contributed by atoms with E-state index in [0.717, 1.165) is 0 Å². The highest BCUT2D eigenvalue weighted by Gasteiger charge is 2.15. The van der Waals surface area contributed by atoms with E-state index in [0.29, 0.717) is 22.8 Å². The van der Waals surface area contributed by atoms with Crippen molar-refractivity contribution in [3.8, 4) is 11.5 Å². The number of aromatic nitrogens is 2. The molecular weight excluding hydrogens is 304 g/mol. The lowest BCUT2D eigenvalue weighted by atomic mass is 10.3. The highest BCUT2D eigenvalue weighted by molar-refractivity contribution is 7.15. The van der Waals surface area contributed by atoms with Gasteiger partial charge in [-0.25, -0.2) is 8.78 Å². The van der Waals surface area contributed by atoms with Gasteiger partial charge in [0, 0.05) is 0 Å². The Hall–Kier alpha value is -2.29. The van der Waals surface area contributed by atoms with Gasteiger partial charge in [0.15, 0.2) is 11.6 Å². The molecule has 0 aliphatic carbocycles. The number of benzene rings is 1. The molecule has 1 N–H and O–H groups in total. The number of carbonyl (C=O) groups is 1. The summed E-state index contributed by atoms with van der Waals surface area (Å²) in [4.78, 5) is 11.6. The minimum absolute atomic E-state index is 0.00799. The van der Waals surface area contributed by atoms with Gasteiger partial charge in [-0.1, -0.05) is 11.3 Å². The Morgan fingerprint density at radius 3 is 2.52 bits per heavy atom. The minimum atomic E-state index is -2.70. The fraction of sp³-hybridized carbons (Fsp3) is 0.250. The normalized spacial score (nSPS) is 10.5. The van der Waals surface area contributed by atoms with E-state index in [2.05, 4.69) is 15.5 Å². The number of anilines is 1. The smallest absolute Gasteiger partial charge is 0.291 e. The summed E-state index contributed by atoms with van der Waals surface area (Å²) in [5.41, 5.74) is 0. The standard InChI is InChI=1S/C12H11F2N3O3S/c1-19-7-2-4-8(5-3-7)20-6-9(18)15-12-17-16-11(21-12)10(13)14/h2-5,10H,6H2,1H3,(H,15,17,18). The quantitative estimate of drug-likeness (QED) is 0.886. The Balaban J connectivity index is 1.83. The zero-order valence-electron chi connectivity index (χ0n) is 10.9. The second-order valence-corrected chi connectivity index (χ2v) is 4.77. The molecule has 0 spiro atoms. The summed E-state index contributed by atoms with van der Waals surface area (Å²) in [6.07, 6.45) is -2.70. The van der Waals surface area contributed by atoms with Crippen molar-refractivity contribution < 1.29 is 23.0 Å². The van der Waals surface area contributed by atoms with Crippen molar-refractivity contribution in [1.82, 2.24) is 10.2 Å². The van der Waals surface area contributed by atoms with E-state index in [1.165, 1.54) is 0 Å². The number of carbonyl (C=O) groups excluding carboxylic acids is 1. The number of nitrogens with one attached hydrogen (secondary N) is 1. The van der Waals surface area contributed by atoms with E-state index >= 15 is 0 Å². The molecule has 112 valence electrons. The Morgan fingerprint density at radius 2 is 1.95 bits per heavy atom. The number of alkyl halides is 2. The zero-order chi connectivity index (χ0) is 15.2. The predicted octanol–water partition coefficient (Wildman–Crippen LogP) is 2.50. The molecule has 1 heterocycles. The van der Waals surface area contributed by atoms with Gasteiger partial charge in [-0.15, -0.1) is 10.2 Å². The molecule has 21 heavy (non-hydrogen) atoms. The minimum Gasteiger partial charge on any atom is -0.497 e. The maximum atomic E-state index is 12.3. The Morgan fingerprint density at radius 1 is 1.29 bits per heavy atom. The second-order valence-electron chi connectivity index (χ2n) is 3.76. The summed E-state index contributed by atoms with van der Waals surface area (Å²) < 4.78 is 34.8. The summed E-state index contributed by atoms with van der Waals surface area (Å²) in [6, 6.07) is 6.66. The molecule has 0 atom stereocenters. The lowest BCUT2D eigenvalue weighted by Crippen LogP contribution is -2.20. The van der Waals surface area contributed by atoms with Gasteiger partial charge >= 0.3 is 0 Å². The highest BCUT2D eigenvalue weighted by Crippen LogP contribution is 2.25. The summed E-state index contributed by atoms with van der Waals surface area (Å²) in [7, 11) is 1.54. The number of nitrogens with zero attached hydrogens (tertiary/aromatic N) is 2. The number of hydrogen-bond donors (Lipinski definition) is 1. The van der Waals surface area contributed by atoms with Gasteiger partial charge in [-0.3, -0.25) is 10.1 Å². The van der Waals surface area contributed by atoms with Gasteiger partial charge in [0.25, 0.3) is 12.3 Å². The largest absolute Gasteiger partial charge is 0.497 e. The SMILES string of the molecule is COc1ccc(OCC(=O)Nc2nnc(C(F)F)s2)cc1. The predicted molar refractivity (Wildman–Crippen MR) is 72.0 cm³/mol. The molecule has 0 aliphatic heterocycles. The molecule has 1 amide bonds. The van der Waals surface area contributed by atoms with Gasteiger partial charge < -0.3 is 9.47 Å². The van der Waals surface area contributed by atoms with E-state index in [1.807, 2.05) is 0 Å². The lowest BCUT2D eigenvalue weighted by molar-refractivity contribution is -0.118. The average molecular weight is 315 g/mol. The third-order valence-corrected chi connectivity index (χ3v) is 3.15. The molecule has 2 aromatic rings. The van der Waals surface area contributed by atoms with Crippen LogP contribution in [-0.4, -0.2) is 29.8 Å². The number of ether oxygens (including phenoxy) is 2. The summed E-state index contributed by atoms with van der Waals surface area (Å²) in [6.45, 7) is -0.268. The molecule has 0 saturated carbocycles. The van der Waals surface area contributed by atoms with Crippen molar-refractivity contribution in [3.63, 3.8) is 0 Å². The molecule has 9 heteroatoms. The van der Waals surface area contributed by atoms with Gasteiger partial charge in [0.1, 0.15) is 11.5 Å². The molecule has 0 radical (unpaired) electrons. The van der Waals surface area contributed by atoms with Crippen LogP contribution in [0.4, 0.5) is 13.9 Å². The van der Waals surface area contributed by atoms with Crippen LogP contribution >= 0.6 is 11.3 Å². The van der Waals surface area contributed by atoms with Crippen LogP contribution < -0.4 is 14.8 Å². The van der Waals surface area contributed by atoms with Crippen LogP contribution in [-0.2, 0) is 4.79 Å². The molecule has 0 aliphatic rings. The highest BCUT2D eigenvalue weighted by atomic mass is 32.1. The van der Waals surface area contributed by atoms with Crippen LogP contribution in [0.15, 0.2) is 24.3 Å². The zero-order valence-corrected chi connectivity index (χ0v) is 11.7. The molecule has 0 fully saturated rings. The van der Waals surface area contributed by atoms with Crippen molar-refractivity contribution >= 4 is 22.4 Å². The van der Waals surface area contributed by atoms with Crippen molar-refractivity contribution in [2.45, 2.75) is 6.43 Å². The summed E-state index contributed by atoms with van der Waals surface area (Å²) >= 11 is 0.620. The molecule has 0 bridgehead atoms. The van der Waals surface area contributed by atoms with Crippen LogP contribution in [0.25, 0.3) is 0 Å². The van der Waals surface area contributed by atoms with Gasteiger partial charge in [-0.2, -0.15) is 0 Å². The monoisotopic (exact) mass is 315 g/mol. The van der Waals surface area contributed by atoms with E-state index < -0.39 is 17.3 Å². The van der Waals surface area contributed by atoms with Crippen LogP contribution in [0.2, 0.25) is 0 Å². The molecule has 1 aromatic carbocycles. The third-order valence-electron chi connectivity index (χ3n) is 2.30. The van der Waals surface area contributed by atoms with E-state index in [1.54, 1.807) is 31.4 Å². The van der Waals surface area contributed by atoms with Crippen LogP contribution in [0, 0.1) is 0 Å². The number of amides is 1. The molecule has 2 rings (SSSR count). The van der Waals surface area contributed by atoms with Crippen molar-refractivity contribution in [1.29, 1.82) is 0 Å². The summed E-state index contributed by atoms with van der Waals surface area (Å²) in [5.74, 6) is 0.638. The van der Waals surface area contributed by atoms with E-state index in [-0.39, 0.29) is 11.7 Å². The van der Waals surface area contributed by atoms with Crippen molar-refractivity contribution in [2.75, 3.05) is 19.0 Å². The number of halogens is 2. The molecular formula is C12H11F2N3O3S.